The van der Waals surface area contributed by atoms with Crippen molar-refractivity contribution < 1.29 is 28.0 Å². The summed E-state index contributed by atoms with van der Waals surface area (Å²) in [5, 5.41) is 20.1. The molecule has 0 saturated heterocycles. The quantitative estimate of drug-likeness (QED) is 0.536. The number of nitrogens with one attached hydrogen (secondary N) is 1. The first kappa shape index (κ1) is 18.8. The molecule has 1 rings (SSSR count). The van der Waals surface area contributed by atoms with E-state index in [9.17, 15) is 23.3 Å². The molecule has 0 aliphatic carbocycles. The number of nitrogens with zero attached hydrogens (tertiary/aromatic N) is 1. The van der Waals surface area contributed by atoms with E-state index in [-0.39, 0.29) is 18.1 Å². The van der Waals surface area contributed by atoms with Gasteiger partial charge < -0.3 is 9.84 Å². The number of carboxylic acid groups (broad SMARTS) is 1. The van der Waals surface area contributed by atoms with Gasteiger partial charge in [0.1, 0.15) is 6.04 Å². The Balaban J connectivity index is 3.20. The van der Waals surface area contributed by atoms with Crippen molar-refractivity contribution in [3.63, 3.8) is 0 Å². The van der Waals surface area contributed by atoms with Crippen molar-refractivity contribution in [2.24, 2.45) is 5.92 Å². The van der Waals surface area contributed by atoms with Crippen LogP contribution >= 0.6 is 0 Å². The molecular weight excluding hydrogens is 328 g/mol. The highest BCUT2D eigenvalue weighted by Gasteiger charge is 2.28. The first-order chi connectivity index (χ1) is 10.6. The van der Waals surface area contributed by atoms with Gasteiger partial charge in [-0.15, -0.1) is 0 Å². The largest absolute Gasteiger partial charge is 0.490 e. The van der Waals surface area contributed by atoms with Gasteiger partial charge in [-0.2, -0.15) is 4.72 Å². The van der Waals surface area contributed by atoms with E-state index in [1.54, 1.807) is 13.8 Å². The normalized spacial score (nSPS) is 12.9. The average molecular weight is 346 g/mol. The molecule has 0 aliphatic heterocycles. The minimum atomic E-state index is -4.22. The van der Waals surface area contributed by atoms with Gasteiger partial charge >= 0.3 is 11.7 Å². The maximum absolute atomic E-state index is 12.3. The number of carboxylic acids is 1. The molecule has 0 aliphatic rings. The van der Waals surface area contributed by atoms with Gasteiger partial charge in [0, 0.05) is 6.07 Å². The van der Waals surface area contributed by atoms with Gasteiger partial charge in [0.15, 0.2) is 5.75 Å². The zero-order valence-corrected chi connectivity index (χ0v) is 13.7. The standard InChI is InChI=1S/C13H18N2O7S/c1-8(2)6-10(13(16)17)14-23(20,21)9-4-5-12(22-3)11(7-9)15(18)19/h4-5,7-8,10,14H,6H2,1-3H3,(H,16,17)/t10-/m0/s1. The molecule has 0 saturated carbocycles. The van der Waals surface area contributed by atoms with Crippen LogP contribution in [0.25, 0.3) is 0 Å². The molecule has 128 valence electrons. The fourth-order valence-electron chi connectivity index (χ4n) is 1.91. The first-order valence-electron chi connectivity index (χ1n) is 6.66. The predicted octanol–water partition coefficient (Wildman–Crippen LogP) is 1.38. The highest BCUT2D eigenvalue weighted by Crippen LogP contribution is 2.29. The number of methoxy groups -OCH3 is 1. The zero-order chi connectivity index (χ0) is 17.8. The molecule has 0 unspecified atom stereocenters. The smallest absolute Gasteiger partial charge is 0.321 e. The second kappa shape index (κ2) is 7.38. The molecule has 0 heterocycles. The van der Waals surface area contributed by atoms with Crippen LogP contribution < -0.4 is 9.46 Å². The van der Waals surface area contributed by atoms with E-state index in [0.29, 0.717) is 0 Å². The van der Waals surface area contributed by atoms with Gasteiger partial charge in [-0.05, 0) is 24.5 Å². The van der Waals surface area contributed by atoms with Crippen molar-refractivity contribution in [2.45, 2.75) is 31.2 Å². The van der Waals surface area contributed by atoms with Gasteiger partial charge in [0.2, 0.25) is 10.0 Å². The first-order valence-corrected chi connectivity index (χ1v) is 8.14. The number of nitro groups is 1. The fourth-order valence-corrected chi connectivity index (χ4v) is 3.13. The highest BCUT2D eigenvalue weighted by molar-refractivity contribution is 7.89. The Hall–Kier alpha value is -2.20. The summed E-state index contributed by atoms with van der Waals surface area (Å²) in [7, 11) is -3.00. The second-order valence-corrected chi connectivity index (χ2v) is 6.95. The van der Waals surface area contributed by atoms with Crippen LogP contribution in [-0.4, -0.2) is 37.6 Å². The lowest BCUT2D eigenvalue weighted by Gasteiger charge is -2.16. The zero-order valence-electron chi connectivity index (χ0n) is 12.8. The second-order valence-electron chi connectivity index (χ2n) is 5.23. The topological polar surface area (TPSA) is 136 Å². The van der Waals surface area contributed by atoms with Gasteiger partial charge in [-0.25, -0.2) is 8.42 Å². The summed E-state index contributed by atoms with van der Waals surface area (Å²) in [6.45, 7) is 3.50. The number of nitro benzene ring substituents is 1. The lowest BCUT2D eigenvalue weighted by atomic mass is 10.1. The Labute approximate surface area is 133 Å². The molecule has 10 heteroatoms. The van der Waals surface area contributed by atoms with Crippen LogP contribution in [0.15, 0.2) is 23.1 Å². The summed E-state index contributed by atoms with van der Waals surface area (Å²) in [5.74, 6) is -1.46. The summed E-state index contributed by atoms with van der Waals surface area (Å²) in [6, 6.07) is 1.77. The third-order valence-corrected chi connectivity index (χ3v) is 4.43. The maximum atomic E-state index is 12.3. The third kappa shape index (κ3) is 4.89. The number of rotatable bonds is 8. The van der Waals surface area contributed by atoms with Crippen LogP contribution in [0.1, 0.15) is 20.3 Å². The fraction of sp³-hybridized carbons (Fsp3) is 0.462. The van der Waals surface area contributed by atoms with Crippen LogP contribution in [0.2, 0.25) is 0 Å². The van der Waals surface area contributed by atoms with E-state index in [1.165, 1.54) is 7.11 Å². The Morgan fingerprint density at radius 3 is 2.48 bits per heavy atom. The molecule has 1 atom stereocenters. The molecule has 0 spiro atoms. The van der Waals surface area contributed by atoms with Crippen molar-refractivity contribution in [3.8, 4) is 5.75 Å². The molecule has 0 fully saturated rings. The Morgan fingerprint density at radius 1 is 1.43 bits per heavy atom. The van der Waals surface area contributed by atoms with Crippen molar-refractivity contribution in [3.05, 3.63) is 28.3 Å². The molecule has 1 aromatic rings. The van der Waals surface area contributed by atoms with Crippen LogP contribution in [0.5, 0.6) is 5.75 Å². The van der Waals surface area contributed by atoms with E-state index in [0.717, 1.165) is 18.2 Å². The number of sulfonamides is 1. The molecule has 0 radical (unpaired) electrons. The summed E-state index contributed by atoms with van der Waals surface area (Å²) in [5.41, 5.74) is -0.522. The van der Waals surface area contributed by atoms with Crippen LogP contribution in [0.4, 0.5) is 5.69 Å². The summed E-state index contributed by atoms with van der Waals surface area (Å²) in [6.07, 6.45) is 0.0901. The Morgan fingerprint density at radius 2 is 2.04 bits per heavy atom. The van der Waals surface area contributed by atoms with Crippen LogP contribution in [-0.2, 0) is 14.8 Å². The molecule has 9 nitrogen and oxygen atoms in total. The molecule has 0 amide bonds. The van der Waals surface area contributed by atoms with Crippen LogP contribution in [0.3, 0.4) is 0 Å². The van der Waals surface area contributed by atoms with Crippen molar-refractivity contribution in [1.82, 2.24) is 4.72 Å². The van der Waals surface area contributed by atoms with Crippen LogP contribution in [0, 0.1) is 16.0 Å². The van der Waals surface area contributed by atoms with E-state index < -0.39 is 37.5 Å². The van der Waals surface area contributed by atoms with Gasteiger partial charge in [-0.1, -0.05) is 13.8 Å². The number of aliphatic carboxylic acids is 1. The monoisotopic (exact) mass is 346 g/mol. The number of benzene rings is 1. The third-order valence-electron chi connectivity index (χ3n) is 2.96. The summed E-state index contributed by atoms with van der Waals surface area (Å²) in [4.78, 5) is 20.9. The maximum Gasteiger partial charge on any atom is 0.321 e. The Bertz CT molecular complexity index is 700. The average Bonchev–Trinajstić information content (AvgIpc) is 2.44. The molecular formula is C13H18N2O7S. The van der Waals surface area contributed by atoms with E-state index in [1.807, 2.05) is 0 Å². The lowest BCUT2D eigenvalue weighted by Crippen LogP contribution is -2.41. The van der Waals surface area contributed by atoms with Crippen molar-refractivity contribution in [1.29, 1.82) is 0 Å². The minimum Gasteiger partial charge on any atom is -0.490 e. The number of carbonyl (C=O) groups is 1. The summed E-state index contributed by atoms with van der Waals surface area (Å²) < 4.78 is 31.4. The molecule has 23 heavy (non-hydrogen) atoms. The van der Waals surface area contributed by atoms with E-state index >= 15 is 0 Å². The SMILES string of the molecule is COc1ccc(S(=O)(=O)N[C@@H](CC(C)C)C(=O)O)cc1[N+](=O)[O-]. The number of hydrogen-bond acceptors (Lipinski definition) is 6. The van der Waals surface area contributed by atoms with E-state index in [2.05, 4.69) is 4.72 Å². The van der Waals surface area contributed by atoms with Gasteiger partial charge in [-0.3, -0.25) is 14.9 Å². The Kier molecular flexibility index (Phi) is 6.05. The predicted molar refractivity (Wildman–Crippen MR) is 80.8 cm³/mol. The van der Waals surface area contributed by atoms with Crippen molar-refractivity contribution >= 4 is 21.7 Å². The van der Waals surface area contributed by atoms with Gasteiger partial charge in [0.25, 0.3) is 0 Å². The molecule has 2 N–H and O–H groups in total. The van der Waals surface area contributed by atoms with Gasteiger partial charge in [0.05, 0.1) is 16.9 Å². The van der Waals surface area contributed by atoms with E-state index in [4.69, 9.17) is 9.84 Å². The number of hydrogen-bond donors (Lipinski definition) is 2. The molecule has 1 aromatic carbocycles. The van der Waals surface area contributed by atoms with Crippen molar-refractivity contribution in [2.75, 3.05) is 7.11 Å². The number of ether oxygens (including phenoxy) is 1. The minimum absolute atomic E-state index is 0.0518. The lowest BCUT2D eigenvalue weighted by molar-refractivity contribution is -0.386. The summed E-state index contributed by atoms with van der Waals surface area (Å²) >= 11 is 0. The highest BCUT2D eigenvalue weighted by atomic mass is 32.2. The molecule has 0 bridgehead atoms. The molecule has 0 aromatic heterocycles.